The lowest BCUT2D eigenvalue weighted by Crippen LogP contribution is -2.34. The predicted molar refractivity (Wildman–Crippen MR) is 67.7 cm³/mol. The summed E-state index contributed by atoms with van der Waals surface area (Å²) in [4.78, 5) is 18.5. The van der Waals surface area contributed by atoms with Crippen LogP contribution in [0.4, 0.5) is 5.13 Å². The summed E-state index contributed by atoms with van der Waals surface area (Å²) in [5, 5.41) is 0.449. The van der Waals surface area contributed by atoms with Gasteiger partial charge < -0.3 is 10.6 Å². The number of nitrogens with two attached hydrogens (primary N) is 1. The molecule has 0 bridgehead atoms. The number of nitrogens with zero attached hydrogens (tertiary/aromatic N) is 2. The van der Waals surface area contributed by atoms with Crippen LogP contribution < -0.4 is 5.73 Å². The molecule has 0 unspecified atom stereocenters. The molecule has 90 valence electrons. The number of rotatable bonds is 2. The quantitative estimate of drug-likeness (QED) is 0.863. The van der Waals surface area contributed by atoms with E-state index in [1.165, 1.54) is 11.3 Å². The van der Waals surface area contributed by atoms with E-state index in [0.717, 1.165) is 0 Å². The van der Waals surface area contributed by atoms with Crippen LogP contribution in [0.5, 0.6) is 0 Å². The first kappa shape index (κ1) is 13.0. The van der Waals surface area contributed by atoms with Gasteiger partial charge in [-0.15, -0.1) is 0 Å². The van der Waals surface area contributed by atoms with Crippen LogP contribution in [0.15, 0.2) is 0 Å². The summed E-state index contributed by atoms with van der Waals surface area (Å²) in [6.45, 7) is 8.83. The summed E-state index contributed by atoms with van der Waals surface area (Å²) in [6.07, 6.45) is 0. The van der Waals surface area contributed by atoms with Crippen LogP contribution in [0.3, 0.4) is 0 Å². The van der Waals surface area contributed by atoms with Crippen molar-refractivity contribution in [2.45, 2.75) is 27.7 Å². The molecule has 1 heterocycles. The van der Waals surface area contributed by atoms with Gasteiger partial charge in [0, 0.05) is 13.6 Å². The van der Waals surface area contributed by atoms with Crippen LogP contribution in [0.25, 0.3) is 0 Å². The van der Waals surface area contributed by atoms with Crippen molar-refractivity contribution in [2.24, 2.45) is 5.41 Å². The number of aryl methyl sites for hydroxylation is 1. The van der Waals surface area contributed by atoms with Crippen LogP contribution in [0.1, 0.15) is 36.1 Å². The van der Waals surface area contributed by atoms with E-state index in [4.69, 9.17) is 5.73 Å². The van der Waals surface area contributed by atoms with Crippen molar-refractivity contribution >= 4 is 22.4 Å². The molecule has 1 aromatic heterocycles. The Kier molecular flexibility index (Phi) is 3.57. The van der Waals surface area contributed by atoms with E-state index < -0.39 is 0 Å². The van der Waals surface area contributed by atoms with Gasteiger partial charge in [-0.3, -0.25) is 4.79 Å². The fraction of sp³-hybridized carbons (Fsp3) is 0.636. The molecule has 0 atom stereocenters. The van der Waals surface area contributed by atoms with E-state index in [9.17, 15) is 4.79 Å². The molecule has 1 rings (SSSR count). The highest BCUT2D eigenvalue weighted by Gasteiger charge is 2.22. The lowest BCUT2D eigenvalue weighted by atomic mass is 9.96. The van der Waals surface area contributed by atoms with Gasteiger partial charge in [0.05, 0.1) is 5.69 Å². The molecule has 0 aliphatic carbocycles. The predicted octanol–water partition coefficient (Wildman–Crippen LogP) is 2.15. The Labute approximate surface area is 100 Å². The Hall–Kier alpha value is -1.10. The zero-order valence-corrected chi connectivity index (χ0v) is 11.3. The van der Waals surface area contributed by atoms with E-state index in [1.807, 2.05) is 14.0 Å². The van der Waals surface area contributed by atoms with Gasteiger partial charge in [-0.2, -0.15) is 0 Å². The fourth-order valence-electron chi connectivity index (χ4n) is 1.57. The van der Waals surface area contributed by atoms with Crippen LogP contribution >= 0.6 is 11.3 Å². The van der Waals surface area contributed by atoms with Crippen LogP contribution in [0, 0.1) is 12.3 Å². The van der Waals surface area contributed by atoms with Crippen molar-refractivity contribution in [1.29, 1.82) is 0 Å². The third kappa shape index (κ3) is 3.20. The molecule has 4 nitrogen and oxygen atoms in total. The van der Waals surface area contributed by atoms with Gasteiger partial charge in [0.15, 0.2) is 5.13 Å². The minimum absolute atomic E-state index is 0.00150. The van der Waals surface area contributed by atoms with Gasteiger partial charge in [0.25, 0.3) is 5.91 Å². The van der Waals surface area contributed by atoms with Crippen molar-refractivity contribution in [2.75, 3.05) is 19.3 Å². The number of thiazole rings is 1. The Balaban J connectivity index is 2.82. The normalized spacial score (nSPS) is 11.6. The Morgan fingerprint density at radius 3 is 2.44 bits per heavy atom. The van der Waals surface area contributed by atoms with Gasteiger partial charge in [-0.1, -0.05) is 32.1 Å². The Morgan fingerprint density at radius 1 is 1.50 bits per heavy atom. The monoisotopic (exact) mass is 241 g/mol. The molecule has 0 spiro atoms. The summed E-state index contributed by atoms with van der Waals surface area (Å²) in [6, 6.07) is 0. The van der Waals surface area contributed by atoms with E-state index >= 15 is 0 Å². The maximum atomic E-state index is 12.1. The van der Waals surface area contributed by atoms with Crippen LogP contribution in [-0.4, -0.2) is 29.4 Å². The second-order valence-electron chi connectivity index (χ2n) is 5.19. The number of amides is 1. The van der Waals surface area contributed by atoms with Gasteiger partial charge in [-0.25, -0.2) is 4.98 Å². The van der Waals surface area contributed by atoms with Crippen molar-refractivity contribution in [3.8, 4) is 0 Å². The van der Waals surface area contributed by atoms with E-state index in [-0.39, 0.29) is 11.3 Å². The number of hydrogen-bond donors (Lipinski definition) is 1. The number of nitrogen functional groups attached to an aromatic ring is 1. The molecule has 0 aliphatic rings. The van der Waals surface area contributed by atoms with Crippen molar-refractivity contribution in [1.82, 2.24) is 9.88 Å². The minimum Gasteiger partial charge on any atom is -0.375 e. The first-order chi connectivity index (χ1) is 7.20. The summed E-state index contributed by atoms with van der Waals surface area (Å²) < 4.78 is 0. The number of anilines is 1. The second kappa shape index (κ2) is 4.41. The molecule has 2 N–H and O–H groups in total. The molecule has 5 heteroatoms. The third-order valence-electron chi connectivity index (χ3n) is 2.07. The molecule has 1 aromatic rings. The van der Waals surface area contributed by atoms with Crippen molar-refractivity contribution in [3.63, 3.8) is 0 Å². The summed E-state index contributed by atoms with van der Waals surface area (Å²) in [7, 11) is 1.81. The van der Waals surface area contributed by atoms with Crippen LogP contribution in [-0.2, 0) is 0 Å². The summed E-state index contributed by atoms with van der Waals surface area (Å²) in [5.74, 6) is 0.00150. The van der Waals surface area contributed by atoms with Crippen molar-refractivity contribution in [3.05, 3.63) is 10.6 Å². The second-order valence-corrected chi connectivity index (χ2v) is 6.22. The van der Waals surface area contributed by atoms with Gasteiger partial charge in [0.1, 0.15) is 4.88 Å². The number of carbonyl (C=O) groups excluding carboxylic acids is 1. The fourth-order valence-corrected chi connectivity index (χ4v) is 2.40. The smallest absolute Gasteiger partial charge is 0.265 e. The summed E-state index contributed by atoms with van der Waals surface area (Å²) in [5.41, 5.74) is 6.39. The maximum absolute atomic E-state index is 12.1. The van der Waals surface area contributed by atoms with E-state index in [1.54, 1.807) is 4.90 Å². The summed E-state index contributed by atoms with van der Waals surface area (Å²) >= 11 is 1.25. The van der Waals surface area contributed by atoms with E-state index in [2.05, 4.69) is 25.8 Å². The van der Waals surface area contributed by atoms with Crippen LogP contribution in [0.2, 0.25) is 0 Å². The minimum atomic E-state index is 0.00150. The third-order valence-corrected chi connectivity index (χ3v) is 3.04. The Morgan fingerprint density at radius 2 is 2.06 bits per heavy atom. The van der Waals surface area contributed by atoms with Gasteiger partial charge >= 0.3 is 0 Å². The lowest BCUT2D eigenvalue weighted by Gasteiger charge is -2.26. The highest BCUT2D eigenvalue weighted by atomic mass is 32.1. The molecule has 16 heavy (non-hydrogen) atoms. The lowest BCUT2D eigenvalue weighted by molar-refractivity contribution is 0.0749. The standard InChI is InChI=1S/C11H19N3OS/c1-7-8(16-10(12)13-7)9(15)14(5)6-11(2,3)4/h6H2,1-5H3,(H2,12,13). The molecule has 0 aliphatic heterocycles. The first-order valence-corrected chi connectivity index (χ1v) is 6.01. The molecule has 1 amide bonds. The topological polar surface area (TPSA) is 59.2 Å². The maximum Gasteiger partial charge on any atom is 0.265 e. The molecule has 0 saturated heterocycles. The molecule has 0 saturated carbocycles. The molecule has 0 radical (unpaired) electrons. The number of carbonyl (C=O) groups is 1. The molecular formula is C11H19N3OS. The average molecular weight is 241 g/mol. The molecular weight excluding hydrogens is 222 g/mol. The molecule has 0 aromatic carbocycles. The number of aromatic nitrogens is 1. The van der Waals surface area contributed by atoms with Gasteiger partial charge in [0.2, 0.25) is 0 Å². The highest BCUT2D eigenvalue weighted by Crippen LogP contribution is 2.22. The van der Waals surface area contributed by atoms with Gasteiger partial charge in [-0.05, 0) is 12.3 Å². The molecule has 0 fully saturated rings. The average Bonchev–Trinajstić information content (AvgIpc) is 2.41. The number of hydrogen-bond acceptors (Lipinski definition) is 4. The zero-order valence-electron chi connectivity index (χ0n) is 10.5. The largest absolute Gasteiger partial charge is 0.375 e. The first-order valence-electron chi connectivity index (χ1n) is 5.19. The SMILES string of the molecule is Cc1nc(N)sc1C(=O)N(C)CC(C)(C)C. The Bertz CT molecular complexity index is 392. The van der Waals surface area contributed by atoms with Crippen molar-refractivity contribution < 1.29 is 4.79 Å². The zero-order chi connectivity index (χ0) is 12.5. The van der Waals surface area contributed by atoms with E-state index in [0.29, 0.717) is 22.2 Å². The highest BCUT2D eigenvalue weighted by molar-refractivity contribution is 7.17.